The first-order valence-electron chi connectivity index (χ1n) is 8.72. The Labute approximate surface area is 163 Å². The predicted octanol–water partition coefficient (Wildman–Crippen LogP) is 5.34. The van der Waals surface area contributed by atoms with Gasteiger partial charge in [-0.25, -0.2) is 5.43 Å². The minimum Gasteiger partial charge on any atom is -0.267 e. The summed E-state index contributed by atoms with van der Waals surface area (Å²) in [5.74, 6) is 0.479. The molecule has 5 heteroatoms. The molecule has 0 saturated carbocycles. The van der Waals surface area contributed by atoms with Crippen molar-refractivity contribution in [3.63, 3.8) is 0 Å². The smallest absolute Gasteiger partial charge is 0.267 e. The lowest BCUT2D eigenvalue weighted by Gasteiger charge is -2.04. The van der Waals surface area contributed by atoms with Gasteiger partial charge in [-0.2, -0.15) is 5.10 Å². The third-order valence-electron chi connectivity index (χ3n) is 4.15. The van der Waals surface area contributed by atoms with Crippen LogP contribution >= 0.6 is 23.4 Å². The number of nitrogens with zero attached hydrogens (tertiary/aromatic N) is 1. The highest BCUT2D eigenvalue weighted by Crippen LogP contribution is 2.23. The standard InChI is InChI=1S/C21H21ClN2OS/c1-2-3-4-15-5-7-16(8-6-15)13-19-20(23-24-21(19)25)14-26-18-11-9-17(22)10-12-18/h5-13H,2-4,14H2,1H3,(H,24,25)/b19-13+. The predicted molar refractivity (Wildman–Crippen MR) is 111 cm³/mol. The molecule has 0 fully saturated rings. The van der Waals surface area contributed by atoms with Crippen LogP contribution in [-0.4, -0.2) is 17.4 Å². The van der Waals surface area contributed by atoms with Crippen molar-refractivity contribution >= 4 is 41.1 Å². The van der Waals surface area contributed by atoms with Crippen LogP contribution in [-0.2, 0) is 11.2 Å². The van der Waals surface area contributed by atoms with Crippen LogP contribution in [0.25, 0.3) is 6.08 Å². The number of halogens is 1. The zero-order valence-corrected chi connectivity index (χ0v) is 16.2. The number of hydrogen-bond acceptors (Lipinski definition) is 3. The van der Waals surface area contributed by atoms with E-state index in [9.17, 15) is 4.79 Å². The Kier molecular flexibility index (Phi) is 6.53. The van der Waals surface area contributed by atoms with E-state index in [-0.39, 0.29) is 5.91 Å². The van der Waals surface area contributed by atoms with Gasteiger partial charge in [-0.05, 0) is 54.3 Å². The normalized spacial score (nSPS) is 15.2. The minimum atomic E-state index is -0.147. The Bertz CT molecular complexity index is 826. The number of carbonyl (C=O) groups is 1. The summed E-state index contributed by atoms with van der Waals surface area (Å²) in [5, 5.41) is 4.90. The first-order valence-corrected chi connectivity index (χ1v) is 10.1. The quantitative estimate of drug-likeness (QED) is 0.516. The van der Waals surface area contributed by atoms with E-state index >= 15 is 0 Å². The molecule has 0 aromatic heterocycles. The largest absolute Gasteiger partial charge is 0.273 e. The number of thioether (sulfide) groups is 1. The lowest BCUT2D eigenvalue weighted by atomic mass is 10.0. The van der Waals surface area contributed by atoms with Gasteiger partial charge < -0.3 is 0 Å². The van der Waals surface area contributed by atoms with Crippen molar-refractivity contribution in [1.82, 2.24) is 5.43 Å². The van der Waals surface area contributed by atoms with Gasteiger partial charge >= 0.3 is 0 Å². The zero-order chi connectivity index (χ0) is 18.4. The number of aryl methyl sites for hydroxylation is 1. The highest BCUT2D eigenvalue weighted by molar-refractivity contribution is 8.00. The molecule has 2 aromatic rings. The number of unbranched alkanes of at least 4 members (excludes halogenated alkanes) is 1. The molecule has 1 N–H and O–H groups in total. The molecule has 0 aliphatic carbocycles. The van der Waals surface area contributed by atoms with Gasteiger partial charge in [-0.3, -0.25) is 4.79 Å². The fourth-order valence-corrected chi connectivity index (χ4v) is 3.62. The molecule has 0 atom stereocenters. The molecule has 3 rings (SSSR count). The monoisotopic (exact) mass is 384 g/mol. The SMILES string of the molecule is CCCCc1ccc(/C=C2/C(=O)NN=C2CSc2ccc(Cl)cc2)cc1. The minimum absolute atomic E-state index is 0.147. The molecular weight excluding hydrogens is 364 g/mol. The Hall–Kier alpha value is -2.04. The summed E-state index contributed by atoms with van der Waals surface area (Å²) in [4.78, 5) is 13.2. The van der Waals surface area contributed by atoms with Gasteiger partial charge in [0.15, 0.2) is 0 Å². The molecule has 26 heavy (non-hydrogen) atoms. The number of hydrazone groups is 1. The summed E-state index contributed by atoms with van der Waals surface area (Å²) in [7, 11) is 0. The van der Waals surface area contributed by atoms with Crippen LogP contribution in [0.5, 0.6) is 0 Å². The van der Waals surface area contributed by atoms with E-state index in [4.69, 9.17) is 11.6 Å². The molecule has 1 aliphatic rings. The van der Waals surface area contributed by atoms with E-state index in [1.54, 1.807) is 11.8 Å². The Balaban J connectivity index is 1.68. The maximum atomic E-state index is 12.1. The molecule has 0 radical (unpaired) electrons. The Morgan fingerprint density at radius 3 is 2.54 bits per heavy atom. The fraction of sp³-hybridized carbons (Fsp3) is 0.238. The average Bonchev–Trinajstić information content (AvgIpc) is 3.00. The molecule has 1 heterocycles. The summed E-state index contributed by atoms with van der Waals surface area (Å²) >= 11 is 7.55. The summed E-state index contributed by atoms with van der Waals surface area (Å²) in [6, 6.07) is 16.1. The van der Waals surface area contributed by atoms with E-state index in [0.717, 1.165) is 22.6 Å². The highest BCUT2D eigenvalue weighted by atomic mass is 35.5. The summed E-state index contributed by atoms with van der Waals surface area (Å²) in [6.45, 7) is 2.19. The summed E-state index contributed by atoms with van der Waals surface area (Å²) in [5.41, 5.74) is 6.32. The molecule has 3 nitrogen and oxygen atoms in total. The van der Waals surface area contributed by atoms with Gasteiger partial charge in [0.1, 0.15) is 0 Å². The van der Waals surface area contributed by atoms with E-state index in [1.807, 2.05) is 30.3 Å². The third kappa shape index (κ3) is 4.99. The second-order valence-electron chi connectivity index (χ2n) is 6.15. The van der Waals surface area contributed by atoms with Gasteiger partial charge in [0.2, 0.25) is 0 Å². The van der Waals surface area contributed by atoms with Crippen molar-refractivity contribution < 1.29 is 4.79 Å². The van der Waals surface area contributed by atoms with Gasteiger partial charge in [0.05, 0.1) is 11.3 Å². The number of nitrogens with one attached hydrogen (secondary N) is 1. The van der Waals surface area contributed by atoms with Gasteiger partial charge in [-0.1, -0.05) is 49.2 Å². The molecule has 0 spiro atoms. The van der Waals surface area contributed by atoms with Crippen molar-refractivity contribution in [2.45, 2.75) is 31.1 Å². The molecule has 2 aromatic carbocycles. The highest BCUT2D eigenvalue weighted by Gasteiger charge is 2.22. The van der Waals surface area contributed by atoms with Gasteiger partial charge in [0, 0.05) is 15.7 Å². The van der Waals surface area contributed by atoms with Crippen molar-refractivity contribution in [3.05, 3.63) is 70.3 Å². The fourth-order valence-electron chi connectivity index (χ4n) is 2.64. The van der Waals surface area contributed by atoms with Crippen LogP contribution in [0.15, 0.2) is 64.1 Å². The van der Waals surface area contributed by atoms with Gasteiger partial charge in [-0.15, -0.1) is 11.8 Å². The van der Waals surface area contributed by atoms with Crippen molar-refractivity contribution in [3.8, 4) is 0 Å². The number of benzene rings is 2. The van der Waals surface area contributed by atoms with Crippen molar-refractivity contribution in [2.24, 2.45) is 5.10 Å². The van der Waals surface area contributed by atoms with Crippen LogP contribution in [0.4, 0.5) is 0 Å². The maximum absolute atomic E-state index is 12.1. The Morgan fingerprint density at radius 1 is 1.12 bits per heavy atom. The van der Waals surface area contributed by atoms with Crippen LogP contribution < -0.4 is 5.43 Å². The number of hydrogen-bond donors (Lipinski definition) is 1. The first-order chi connectivity index (χ1) is 12.7. The topological polar surface area (TPSA) is 41.5 Å². The number of amides is 1. The average molecular weight is 385 g/mol. The summed E-state index contributed by atoms with van der Waals surface area (Å²) < 4.78 is 0. The van der Waals surface area contributed by atoms with E-state index in [1.165, 1.54) is 18.4 Å². The van der Waals surface area contributed by atoms with Crippen LogP contribution in [0, 0.1) is 0 Å². The second kappa shape index (κ2) is 9.06. The van der Waals surface area contributed by atoms with E-state index in [2.05, 4.69) is 41.7 Å². The molecular formula is C21H21ClN2OS. The van der Waals surface area contributed by atoms with Crippen LogP contribution in [0.1, 0.15) is 30.9 Å². The maximum Gasteiger partial charge on any atom is 0.273 e. The summed E-state index contributed by atoms with van der Waals surface area (Å²) in [6.07, 6.45) is 5.39. The van der Waals surface area contributed by atoms with Gasteiger partial charge in [0.25, 0.3) is 5.91 Å². The van der Waals surface area contributed by atoms with E-state index < -0.39 is 0 Å². The van der Waals surface area contributed by atoms with Crippen molar-refractivity contribution in [1.29, 1.82) is 0 Å². The first kappa shape index (κ1) is 18.7. The lowest BCUT2D eigenvalue weighted by molar-refractivity contribution is -0.116. The molecule has 134 valence electrons. The van der Waals surface area contributed by atoms with Crippen LogP contribution in [0.2, 0.25) is 5.02 Å². The Morgan fingerprint density at radius 2 is 1.85 bits per heavy atom. The molecule has 0 saturated heterocycles. The second-order valence-corrected chi connectivity index (χ2v) is 7.63. The number of carbonyl (C=O) groups excluding carboxylic acids is 1. The third-order valence-corrected chi connectivity index (χ3v) is 5.42. The molecule has 1 aliphatic heterocycles. The van der Waals surface area contributed by atoms with Crippen molar-refractivity contribution in [2.75, 3.05) is 5.75 Å². The van der Waals surface area contributed by atoms with E-state index in [0.29, 0.717) is 16.3 Å². The molecule has 0 unspecified atom stereocenters. The number of rotatable bonds is 7. The lowest BCUT2D eigenvalue weighted by Crippen LogP contribution is -2.13. The molecule has 1 amide bonds. The zero-order valence-electron chi connectivity index (χ0n) is 14.7. The van der Waals surface area contributed by atoms with Crippen LogP contribution in [0.3, 0.4) is 0 Å². The molecule has 0 bridgehead atoms.